The Balaban J connectivity index is 1.79. The van der Waals surface area contributed by atoms with Crippen molar-refractivity contribution in [1.29, 1.82) is 0 Å². The maximum absolute atomic E-state index is 12.2. The van der Waals surface area contributed by atoms with Crippen LogP contribution in [-0.2, 0) is 25.4 Å². The first-order valence-electron chi connectivity index (χ1n) is 8.23. The zero-order valence-corrected chi connectivity index (χ0v) is 17.3. The number of halogens is 1. The number of hydrogen-bond acceptors (Lipinski definition) is 7. The summed E-state index contributed by atoms with van der Waals surface area (Å²) in [6.07, 6.45) is 2.69. The molecule has 0 unspecified atom stereocenters. The first-order chi connectivity index (χ1) is 13.7. The lowest BCUT2D eigenvalue weighted by atomic mass is 10.2. The van der Waals surface area contributed by atoms with Crippen molar-refractivity contribution in [1.82, 2.24) is 24.1 Å². The molecule has 12 heteroatoms. The van der Waals surface area contributed by atoms with Gasteiger partial charge in [-0.15, -0.1) is 0 Å². The molecular weight excluding hydrogens is 448 g/mol. The molecule has 2 aromatic heterocycles. The summed E-state index contributed by atoms with van der Waals surface area (Å²) in [5.41, 5.74) is 2.21. The minimum absolute atomic E-state index is 0.0440. The maximum Gasteiger partial charge on any atom is 0.332 e. The van der Waals surface area contributed by atoms with E-state index in [1.165, 1.54) is 42.9 Å². The first kappa shape index (κ1) is 20.3. The number of aromatic hydroxyl groups is 1. The molecule has 0 atom stereocenters. The summed E-state index contributed by atoms with van der Waals surface area (Å²) in [6, 6.07) is 3.15. The van der Waals surface area contributed by atoms with Crippen LogP contribution in [0.3, 0.4) is 0 Å². The molecule has 2 heterocycles. The molecule has 11 nitrogen and oxygen atoms in total. The number of fused-ring (bicyclic) bond motifs is 1. The quantitative estimate of drug-likeness (QED) is 0.405. The molecule has 0 aliphatic heterocycles. The number of rotatable bonds is 5. The third kappa shape index (κ3) is 3.78. The van der Waals surface area contributed by atoms with Crippen LogP contribution in [0.2, 0.25) is 0 Å². The number of aryl methyl sites for hydroxylation is 1. The second-order valence-corrected chi connectivity index (χ2v) is 6.95. The molecule has 29 heavy (non-hydrogen) atoms. The number of carbonyl (C=O) groups is 1. The number of imidazole rings is 1. The van der Waals surface area contributed by atoms with E-state index in [2.05, 4.69) is 31.4 Å². The predicted octanol–water partition coefficient (Wildman–Crippen LogP) is 0.0607. The number of phenols is 1. The highest BCUT2D eigenvalue weighted by molar-refractivity contribution is 9.10. The number of hydrogen-bond donors (Lipinski definition) is 2. The van der Waals surface area contributed by atoms with Gasteiger partial charge in [0.15, 0.2) is 17.0 Å². The maximum atomic E-state index is 12.2. The molecule has 2 N–H and O–H groups in total. The predicted molar refractivity (Wildman–Crippen MR) is 108 cm³/mol. The van der Waals surface area contributed by atoms with Gasteiger partial charge in [0, 0.05) is 14.1 Å². The zero-order chi connectivity index (χ0) is 21.3. The van der Waals surface area contributed by atoms with Gasteiger partial charge in [-0.3, -0.25) is 18.7 Å². The summed E-state index contributed by atoms with van der Waals surface area (Å²) in [6.45, 7) is -0.198. The number of aromatic nitrogens is 4. The summed E-state index contributed by atoms with van der Waals surface area (Å²) < 4.78 is 9.06. The van der Waals surface area contributed by atoms with Crippen molar-refractivity contribution >= 4 is 39.2 Å². The number of methoxy groups -OCH3 is 1. The summed E-state index contributed by atoms with van der Waals surface area (Å²) in [5, 5.41) is 13.7. The lowest BCUT2D eigenvalue weighted by Gasteiger charge is -2.08. The molecule has 3 aromatic rings. The third-order valence-electron chi connectivity index (χ3n) is 4.20. The van der Waals surface area contributed by atoms with E-state index >= 15 is 0 Å². The topological polar surface area (TPSA) is 133 Å². The van der Waals surface area contributed by atoms with Crippen molar-refractivity contribution in [2.75, 3.05) is 7.11 Å². The van der Waals surface area contributed by atoms with E-state index in [0.29, 0.717) is 10.0 Å². The smallest absolute Gasteiger partial charge is 0.332 e. The molecule has 0 saturated heterocycles. The Bertz CT molecular complexity index is 1260. The first-order valence-corrected chi connectivity index (χ1v) is 9.03. The number of hydrazone groups is 1. The largest absolute Gasteiger partial charge is 0.503 e. The second kappa shape index (κ2) is 7.91. The van der Waals surface area contributed by atoms with Crippen LogP contribution < -0.4 is 21.4 Å². The van der Waals surface area contributed by atoms with Gasteiger partial charge >= 0.3 is 5.69 Å². The minimum atomic E-state index is -0.535. The van der Waals surface area contributed by atoms with Gasteiger partial charge in [-0.2, -0.15) is 5.10 Å². The summed E-state index contributed by atoms with van der Waals surface area (Å²) in [7, 11) is 4.27. The Morgan fingerprint density at radius 2 is 2.07 bits per heavy atom. The highest BCUT2D eigenvalue weighted by Crippen LogP contribution is 2.34. The van der Waals surface area contributed by atoms with Crippen molar-refractivity contribution in [3.63, 3.8) is 0 Å². The zero-order valence-electron chi connectivity index (χ0n) is 15.7. The fourth-order valence-electron chi connectivity index (χ4n) is 2.75. The van der Waals surface area contributed by atoms with Gasteiger partial charge in [0.25, 0.3) is 11.5 Å². The molecule has 3 rings (SSSR count). The number of nitrogens with zero attached hydrogens (tertiary/aromatic N) is 5. The van der Waals surface area contributed by atoms with E-state index in [9.17, 15) is 19.5 Å². The average Bonchev–Trinajstić information content (AvgIpc) is 3.10. The lowest BCUT2D eigenvalue weighted by molar-refractivity contribution is -0.121. The van der Waals surface area contributed by atoms with Gasteiger partial charge in [-0.05, 0) is 33.6 Å². The molecule has 0 radical (unpaired) electrons. The Kier molecular flexibility index (Phi) is 5.55. The van der Waals surface area contributed by atoms with Gasteiger partial charge < -0.3 is 14.4 Å². The highest BCUT2D eigenvalue weighted by atomic mass is 79.9. The van der Waals surface area contributed by atoms with Crippen LogP contribution in [0.5, 0.6) is 11.5 Å². The third-order valence-corrected chi connectivity index (χ3v) is 4.80. The lowest BCUT2D eigenvalue weighted by Crippen LogP contribution is -2.37. The number of amides is 1. The normalized spacial score (nSPS) is 11.3. The second-order valence-electron chi connectivity index (χ2n) is 6.10. The van der Waals surface area contributed by atoms with E-state index in [1.54, 1.807) is 12.1 Å². The van der Waals surface area contributed by atoms with Crippen molar-refractivity contribution in [2.24, 2.45) is 19.2 Å². The molecule has 0 aliphatic rings. The molecule has 1 amide bonds. The van der Waals surface area contributed by atoms with Crippen molar-refractivity contribution in [3.05, 3.63) is 49.3 Å². The van der Waals surface area contributed by atoms with Gasteiger partial charge in [0.05, 0.1) is 24.1 Å². The SMILES string of the molecule is COc1cc(/C=N/NC(=O)Cn2cnc3c(=O)n(C)c(=O)n(C)c32)cc(Br)c1O. The summed E-state index contributed by atoms with van der Waals surface area (Å²) in [5.74, 6) is -0.282. The number of nitrogens with one attached hydrogen (secondary N) is 1. The molecule has 1 aromatic carbocycles. The van der Waals surface area contributed by atoms with Gasteiger partial charge in [0.1, 0.15) is 12.2 Å². The monoisotopic (exact) mass is 464 g/mol. The fraction of sp³-hybridized carbons (Fsp3) is 0.235. The van der Waals surface area contributed by atoms with E-state index < -0.39 is 17.2 Å². The Morgan fingerprint density at radius 1 is 1.34 bits per heavy atom. The highest BCUT2D eigenvalue weighted by Gasteiger charge is 2.15. The fourth-order valence-corrected chi connectivity index (χ4v) is 3.21. The van der Waals surface area contributed by atoms with E-state index in [0.717, 1.165) is 4.57 Å². The average molecular weight is 465 g/mol. The molecule has 0 fully saturated rings. The van der Waals surface area contributed by atoms with Gasteiger partial charge in [-0.1, -0.05) is 0 Å². The van der Waals surface area contributed by atoms with Gasteiger partial charge in [-0.25, -0.2) is 15.2 Å². The molecule has 0 saturated carbocycles. The number of benzene rings is 1. The van der Waals surface area contributed by atoms with Gasteiger partial charge in [0.2, 0.25) is 0 Å². The van der Waals surface area contributed by atoms with Crippen molar-refractivity contribution < 1.29 is 14.6 Å². The van der Waals surface area contributed by atoms with Crippen LogP contribution in [-0.4, -0.2) is 43.0 Å². The van der Waals surface area contributed by atoms with Crippen LogP contribution in [0.15, 0.2) is 37.6 Å². The Labute approximate surface area is 172 Å². The summed E-state index contributed by atoms with van der Waals surface area (Å²) >= 11 is 3.20. The van der Waals surface area contributed by atoms with Crippen LogP contribution in [0.25, 0.3) is 11.2 Å². The van der Waals surface area contributed by atoms with E-state index in [1.807, 2.05) is 0 Å². The number of carbonyl (C=O) groups excluding carboxylic acids is 1. The number of phenolic OH excluding ortho intramolecular Hbond substituents is 1. The molecule has 0 aliphatic carbocycles. The van der Waals surface area contributed by atoms with Crippen molar-refractivity contribution in [2.45, 2.75) is 6.54 Å². The van der Waals surface area contributed by atoms with Crippen LogP contribution in [0.1, 0.15) is 5.56 Å². The molecule has 152 valence electrons. The standard InChI is InChI=1S/C17H17BrN6O5/c1-22-15-13(16(27)23(2)17(22)28)19-8-24(15)7-12(25)21-20-6-9-4-10(18)14(26)11(5-9)29-3/h4-6,8,26H,7H2,1-3H3,(H,21,25)/b20-6+. The minimum Gasteiger partial charge on any atom is -0.503 e. The van der Waals surface area contributed by atoms with Crippen LogP contribution in [0, 0.1) is 0 Å². The van der Waals surface area contributed by atoms with E-state index in [4.69, 9.17) is 4.74 Å². The summed E-state index contributed by atoms with van der Waals surface area (Å²) in [4.78, 5) is 40.5. The Hall–Kier alpha value is -3.41. The molecular formula is C17H17BrN6O5. The van der Waals surface area contributed by atoms with Crippen molar-refractivity contribution in [3.8, 4) is 11.5 Å². The Morgan fingerprint density at radius 3 is 2.76 bits per heavy atom. The molecule has 0 bridgehead atoms. The van der Waals surface area contributed by atoms with Crippen LogP contribution in [0.4, 0.5) is 0 Å². The van der Waals surface area contributed by atoms with E-state index in [-0.39, 0.29) is 29.2 Å². The van der Waals surface area contributed by atoms with Crippen LogP contribution >= 0.6 is 15.9 Å². The molecule has 0 spiro atoms. The number of ether oxygens (including phenoxy) is 1.